The Morgan fingerprint density at radius 1 is 1.18 bits per heavy atom. The lowest BCUT2D eigenvalue weighted by molar-refractivity contribution is 0.00514. The number of piperidine rings is 1. The highest BCUT2D eigenvalue weighted by Gasteiger charge is 2.64. The molecule has 1 saturated heterocycles. The second kappa shape index (κ2) is 7.94. The molecule has 3 fully saturated rings. The van der Waals surface area contributed by atoms with Gasteiger partial charge in [-0.2, -0.15) is 0 Å². The lowest BCUT2D eigenvalue weighted by Gasteiger charge is -2.35. The lowest BCUT2D eigenvalue weighted by Crippen LogP contribution is -2.36. The number of rotatable bonds is 9. The number of carbonyl (C=O) groups is 1. The van der Waals surface area contributed by atoms with Gasteiger partial charge in [0, 0.05) is 31.3 Å². The lowest BCUT2D eigenvalue weighted by atomic mass is 9.96. The van der Waals surface area contributed by atoms with E-state index in [1.807, 2.05) is 6.07 Å². The van der Waals surface area contributed by atoms with Crippen LogP contribution >= 0.6 is 0 Å². The molecule has 4 rings (SSSR count). The molecule has 0 amide bonds. The van der Waals surface area contributed by atoms with Crippen LogP contribution in [0.15, 0.2) is 12.1 Å². The summed E-state index contributed by atoms with van der Waals surface area (Å²) in [5.74, 6) is 2.70. The van der Waals surface area contributed by atoms with Crippen LogP contribution < -0.4 is 14.4 Å². The molecule has 2 saturated carbocycles. The van der Waals surface area contributed by atoms with Gasteiger partial charge in [-0.05, 0) is 61.8 Å². The summed E-state index contributed by atoms with van der Waals surface area (Å²) in [6, 6.07) is 3.69. The highest BCUT2D eigenvalue weighted by atomic mass is 16.5. The average molecular weight is 388 g/mol. The molecule has 0 bridgehead atoms. The number of carbonyl (C=O) groups excluding carboxylic acids is 1. The molecule has 0 aromatic heterocycles. The third-order valence-corrected chi connectivity index (χ3v) is 7.16. The predicted molar refractivity (Wildman–Crippen MR) is 110 cm³/mol. The van der Waals surface area contributed by atoms with Crippen molar-refractivity contribution in [1.82, 2.24) is 0 Å². The number of hydrogen-bond acceptors (Lipinski definition) is 5. The molecule has 1 aromatic rings. The van der Waals surface area contributed by atoms with Crippen LogP contribution in [0.4, 0.5) is 5.69 Å². The molecule has 5 nitrogen and oxygen atoms in total. The molecule has 0 N–H and O–H groups in total. The minimum absolute atomic E-state index is 0.466. The zero-order chi connectivity index (χ0) is 19.7. The highest BCUT2D eigenvalue weighted by Crippen LogP contribution is 2.72. The van der Waals surface area contributed by atoms with Crippen LogP contribution in [0, 0.1) is 17.3 Å². The summed E-state index contributed by atoms with van der Waals surface area (Å²) in [7, 11) is 3.22. The standard InChI is InChI=1S/C23H33NO4/c1-4-20(18-13-23(18)7-8-23)28-15-16-5-9-24(10-6-16)19-12-22(27-3)21(26-2)11-17(19)14-25/h11-12,14,16,18,20H,4-10,13,15H2,1-3H3. The summed E-state index contributed by atoms with van der Waals surface area (Å²) in [5.41, 5.74) is 2.30. The van der Waals surface area contributed by atoms with Crippen molar-refractivity contribution >= 4 is 12.0 Å². The van der Waals surface area contributed by atoms with Gasteiger partial charge in [-0.1, -0.05) is 6.92 Å². The van der Waals surface area contributed by atoms with Gasteiger partial charge in [0.05, 0.1) is 26.0 Å². The fraction of sp³-hybridized carbons (Fsp3) is 0.696. The first-order chi connectivity index (χ1) is 13.6. The van der Waals surface area contributed by atoms with Crippen LogP contribution in [0.2, 0.25) is 0 Å². The molecule has 2 atom stereocenters. The summed E-state index contributed by atoms with van der Waals surface area (Å²) in [6.45, 7) is 5.02. The Morgan fingerprint density at radius 3 is 2.39 bits per heavy atom. The van der Waals surface area contributed by atoms with E-state index in [9.17, 15) is 4.79 Å². The Hall–Kier alpha value is -1.75. The van der Waals surface area contributed by atoms with Gasteiger partial charge in [0.15, 0.2) is 17.8 Å². The Bertz CT molecular complexity index is 707. The first-order valence-electron chi connectivity index (χ1n) is 10.7. The summed E-state index contributed by atoms with van der Waals surface area (Å²) < 4.78 is 17.1. The van der Waals surface area contributed by atoms with Crippen LogP contribution in [0.5, 0.6) is 11.5 Å². The van der Waals surface area contributed by atoms with Gasteiger partial charge in [0.2, 0.25) is 0 Å². The normalized spacial score (nSPS) is 24.1. The molecule has 154 valence electrons. The van der Waals surface area contributed by atoms with Gasteiger partial charge >= 0.3 is 0 Å². The fourth-order valence-electron chi connectivity index (χ4n) is 5.01. The summed E-state index contributed by atoms with van der Waals surface area (Å²) in [4.78, 5) is 13.9. The van der Waals surface area contributed by atoms with E-state index in [0.29, 0.717) is 34.5 Å². The number of benzene rings is 1. The summed E-state index contributed by atoms with van der Waals surface area (Å²) >= 11 is 0. The van der Waals surface area contributed by atoms with E-state index in [-0.39, 0.29) is 0 Å². The van der Waals surface area contributed by atoms with Gasteiger partial charge in [-0.15, -0.1) is 0 Å². The molecule has 1 spiro atoms. The first kappa shape index (κ1) is 19.6. The molecule has 5 heteroatoms. The van der Waals surface area contributed by atoms with E-state index in [4.69, 9.17) is 14.2 Å². The first-order valence-corrected chi connectivity index (χ1v) is 10.7. The number of nitrogens with zero attached hydrogens (tertiary/aromatic N) is 1. The SMILES string of the molecule is CCC(OCC1CCN(c2cc(OC)c(OC)cc2C=O)CC1)C1CC12CC2. The maximum Gasteiger partial charge on any atom is 0.162 e. The molecule has 28 heavy (non-hydrogen) atoms. The molecular weight excluding hydrogens is 354 g/mol. The maximum atomic E-state index is 11.6. The van der Waals surface area contributed by atoms with Gasteiger partial charge in [0.1, 0.15) is 0 Å². The van der Waals surface area contributed by atoms with Crippen molar-refractivity contribution in [3.8, 4) is 11.5 Å². The van der Waals surface area contributed by atoms with Crippen LogP contribution in [0.25, 0.3) is 0 Å². The summed E-state index contributed by atoms with van der Waals surface area (Å²) in [5, 5.41) is 0. The molecule has 1 aliphatic heterocycles. The van der Waals surface area contributed by atoms with Crippen molar-refractivity contribution in [3.63, 3.8) is 0 Å². The Kier molecular flexibility index (Phi) is 5.55. The Labute approximate surface area is 168 Å². The van der Waals surface area contributed by atoms with Crippen molar-refractivity contribution in [2.45, 2.75) is 51.6 Å². The molecule has 1 aromatic carbocycles. The second-order valence-electron chi connectivity index (χ2n) is 8.77. The van der Waals surface area contributed by atoms with Crippen molar-refractivity contribution in [2.75, 3.05) is 38.8 Å². The van der Waals surface area contributed by atoms with Gasteiger partial charge in [-0.25, -0.2) is 0 Å². The van der Waals surface area contributed by atoms with Gasteiger partial charge in [-0.3, -0.25) is 4.79 Å². The van der Waals surface area contributed by atoms with Crippen molar-refractivity contribution in [2.24, 2.45) is 17.3 Å². The van der Waals surface area contributed by atoms with E-state index in [0.717, 1.165) is 56.9 Å². The smallest absolute Gasteiger partial charge is 0.162 e. The third-order valence-electron chi connectivity index (χ3n) is 7.16. The van der Waals surface area contributed by atoms with Crippen molar-refractivity contribution < 1.29 is 19.0 Å². The summed E-state index contributed by atoms with van der Waals surface area (Å²) in [6.07, 6.45) is 8.96. The number of methoxy groups -OCH3 is 2. The van der Waals surface area contributed by atoms with Crippen molar-refractivity contribution in [1.29, 1.82) is 0 Å². The van der Waals surface area contributed by atoms with Crippen LogP contribution in [-0.4, -0.2) is 46.3 Å². The van der Waals surface area contributed by atoms with Crippen LogP contribution in [0.1, 0.15) is 55.8 Å². The average Bonchev–Trinajstić information content (AvgIpc) is 3.67. The Morgan fingerprint density at radius 2 is 1.86 bits per heavy atom. The van der Waals surface area contributed by atoms with Gasteiger partial charge < -0.3 is 19.1 Å². The van der Waals surface area contributed by atoms with Crippen molar-refractivity contribution in [3.05, 3.63) is 17.7 Å². The molecular formula is C23H33NO4. The van der Waals surface area contributed by atoms with Gasteiger partial charge in [0.25, 0.3) is 0 Å². The number of ether oxygens (including phenoxy) is 3. The highest BCUT2D eigenvalue weighted by molar-refractivity contribution is 5.86. The van der Waals surface area contributed by atoms with Crippen LogP contribution in [-0.2, 0) is 4.74 Å². The number of aldehydes is 1. The topological polar surface area (TPSA) is 48.0 Å². The van der Waals surface area contributed by atoms with E-state index in [1.54, 1.807) is 20.3 Å². The molecule has 2 aliphatic carbocycles. The van der Waals surface area contributed by atoms with Crippen LogP contribution in [0.3, 0.4) is 0 Å². The molecule has 0 radical (unpaired) electrons. The van der Waals surface area contributed by atoms with E-state index in [2.05, 4.69) is 11.8 Å². The Balaban J connectivity index is 1.33. The van der Waals surface area contributed by atoms with E-state index in [1.165, 1.54) is 19.3 Å². The third kappa shape index (κ3) is 3.73. The second-order valence-corrected chi connectivity index (χ2v) is 8.77. The fourth-order valence-corrected chi connectivity index (χ4v) is 5.01. The largest absolute Gasteiger partial charge is 0.493 e. The molecule has 2 unspecified atom stereocenters. The minimum atomic E-state index is 0.466. The van der Waals surface area contributed by atoms with E-state index >= 15 is 0 Å². The minimum Gasteiger partial charge on any atom is -0.493 e. The zero-order valence-electron chi connectivity index (χ0n) is 17.4. The number of anilines is 1. The predicted octanol–water partition coefficient (Wildman–Crippen LogP) is 4.33. The quantitative estimate of drug-likeness (QED) is 0.590. The maximum absolute atomic E-state index is 11.6. The molecule has 1 heterocycles. The zero-order valence-corrected chi connectivity index (χ0v) is 17.4. The van der Waals surface area contributed by atoms with E-state index < -0.39 is 0 Å². The number of hydrogen-bond donors (Lipinski definition) is 0. The molecule has 3 aliphatic rings. The monoisotopic (exact) mass is 387 g/mol.